The molecule has 0 aliphatic carbocycles. The molecule has 0 spiro atoms. The van der Waals surface area contributed by atoms with E-state index in [9.17, 15) is 9.50 Å². The van der Waals surface area contributed by atoms with E-state index in [0.29, 0.717) is 17.9 Å². The van der Waals surface area contributed by atoms with Crippen molar-refractivity contribution in [3.63, 3.8) is 0 Å². The lowest BCUT2D eigenvalue weighted by Crippen LogP contribution is -2.37. The van der Waals surface area contributed by atoms with Gasteiger partial charge in [-0.15, -0.1) is 0 Å². The Bertz CT molecular complexity index is 685. The summed E-state index contributed by atoms with van der Waals surface area (Å²) < 4.78 is 20.3. The van der Waals surface area contributed by atoms with Gasteiger partial charge in [0.2, 0.25) is 0 Å². The second-order valence-electron chi connectivity index (χ2n) is 6.21. The van der Waals surface area contributed by atoms with E-state index in [1.54, 1.807) is 24.4 Å². The van der Waals surface area contributed by atoms with Crippen molar-refractivity contribution < 1.29 is 14.2 Å². The van der Waals surface area contributed by atoms with Gasteiger partial charge >= 0.3 is 0 Å². The monoisotopic (exact) mass is 330 g/mol. The minimum atomic E-state index is -0.313. The molecular weight excluding hydrogens is 307 g/mol. The zero-order valence-corrected chi connectivity index (χ0v) is 13.9. The number of hydrogen-bond acceptors (Lipinski definition) is 4. The lowest BCUT2D eigenvalue weighted by atomic mass is 10.1. The summed E-state index contributed by atoms with van der Waals surface area (Å²) in [5, 5.41) is 9.20. The van der Waals surface area contributed by atoms with Crippen molar-refractivity contribution in [3.05, 3.63) is 59.2 Å². The van der Waals surface area contributed by atoms with Crippen LogP contribution in [0.1, 0.15) is 29.7 Å². The Hall–Kier alpha value is -1.98. The van der Waals surface area contributed by atoms with E-state index in [4.69, 9.17) is 4.74 Å². The molecule has 3 rings (SSSR count). The molecule has 1 aliphatic rings. The molecule has 0 radical (unpaired) electrons. The Kier molecular flexibility index (Phi) is 5.43. The molecule has 1 saturated heterocycles. The number of ether oxygens (including phenoxy) is 1. The summed E-state index contributed by atoms with van der Waals surface area (Å²) in [6.45, 7) is 3.79. The third-order valence-corrected chi connectivity index (χ3v) is 4.46. The number of benzene rings is 1. The normalized spacial score (nSPS) is 15.7. The number of aliphatic hydroxyl groups excluding tert-OH is 1. The molecule has 1 N–H and O–H groups in total. The summed E-state index contributed by atoms with van der Waals surface area (Å²) in [7, 11) is 0. The number of anilines is 1. The van der Waals surface area contributed by atoms with Gasteiger partial charge in [0.15, 0.2) is 5.82 Å². The molecule has 1 aromatic carbocycles. The molecule has 0 amide bonds. The van der Waals surface area contributed by atoms with E-state index >= 15 is 0 Å². The number of rotatable bonds is 5. The van der Waals surface area contributed by atoms with Crippen LogP contribution in [0.3, 0.4) is 0 Å². The smallest absolute Gasteiger partial charge is 0.151 e. The zero-order chi connectivity index (χ0) is 16.9. The minimum absolute atomic E-state index is 0.193. The van der Waals surface area contributed by atoms with Crippen LogP contribution in [0.15, 0.2) is 36.5 Å². The van der Waals surface area contributed by atoms with Crippen LogP contribution >= 0.6 is 0 Å². The second kappa shape index (κ2) is 7.73. The highest BCUT2D eigenvalue weighted by Gasteiger charge is 2.22. The molecule has 1 aliphatic heterocycles. The lowest BCUT2D eigenvalue weighted by molar-refractivity contribution is 0.0250. The van der Waals surface area contributed by atoms with Gasteiger partial charge in [-0.05, 0) is 43.5 Å². The van der Waals surface area contributed by atoms with Crippen molar-refractivity contribution in [2.45, 2.75) is 39.1 Å². The van der Waals surface area contributed by atoms with Crippen molar-refractivity contribution in [3.8, 4) is 0 Å². The Morgan fingerprint density at radius 3 is 2.79 bits per heavy atom. The second-order valence-corrected chi connectivity index (χ2v) is 6.21. The van der Waals surface area contributed by atoms with Gasteiger partial charge in [0.05, 0.1) is 25.0 Å². The Labute approximate surface area is 141 Å². The van der Waals surface area contributed by atoms with Crippen LogP contribution in [0, 0.1) is 12.7 Å². The van der Waals surface area contributed by atoms with Crippen molar-refractivity contribution in [2.24, 2.45) is 0 Å². The fraction of sp³-hybridized carbons (Fsp3) is 0.421. The summed E-state index contributed by atoms with van der Waals surface area (Å²) in [6.07, 6.45) is 3.73. The number of aliphatic hydroxyl groups is 1. The van der Waals surface area contributed by atoms with Crippen LogP contribution < -0.4 is 4.90 Å². The number of pyridine rings is 1. The summed E-state index contributed by atoms with van der Waals surface area (Å²) in [6, 6.07) is 9.18. The highest BCUT2D eigenvalue weighted by Crippen LogP contribution is 2.26. The first-order valence-corrected chi connectivity index (χ1v) is 8.33. The van der Waals surface area contributed by atoms with Crippen LogP contribution in [0.5, 0.6) is 0 Å². The van der Waals surface area contributed by atoms with Crippen LogP contribution in [0.25, 0.3) is 0 Å². The standard InChI is InChI=1S/C19H23FN2O2/c1-14-11-15(5-8-21-14)13-24-17-6-9-22(10-7-17)18-4-2-3-16(12-23)19(18)20/h2-5,8,11,17,23H,6-7,9-10,12-13H2,1H3. The number of halogens is 1. The van der Waals surface area contributed by atoms with E-state index in [-0.39, 0.29) is 18.5 Å². The molecule has 2 heterocycles. The first kappa shape index (κ1) is 16.9. The van der Waals surface area contributed by atoms with Crippen molar-refractivity contribution >= 4 is 5.69 Å². The predicted octanol–water partition coefficient (Wildman–Crippen LogP) is 3.21. The van der Waals surface area contributed by atoms with Crippen molar-refractivity contribution in [2.75, 3.05) is 18.0 Å². The largest absolute Gasteiger partial charge is 0.392 e. The van der Waals surface area contributed by atoms with Gasteiger partial charge in [-0.2, -0.15) is 0 Å². The molecule has 24 heavy (non-hydrogen) atoms. The van der Waals surface area contributed by atoms with Gasteiger partial charge in [0, 0.05) is 30.5 Å². The minimum Gasteiger partial charge on any atom is -0.392 e. The van der Waals surface area contributed by atoms with E-state index < -0.39 is 0 Å². The van der Waals surface area contributed by atoms with E-state index in [1.807, 2.05) is 24.0 Å². The molecule has 1 fully saturated rings. The van der Waals surface area contributed by atoms with Gasteiger partial charge in [-0.25, -0.2) is 4.39 Å². The highest BCUT2D eigenvalue weighted by molar-refractivity contribution is 5.50. The van der Waals surface area contributed by atoms with Gasteiger partial charge in [-0.1, -0.05) is 12.1 Å². The van der Waals surface area contributed by atoms with Crippen LogP contribution in [-0.2, 0) is 18.0 Å². The molecular formula is C19H23FN2O2. The van der Waals surface area contributed by atoms with E-state index in [1.165, 1.54) is 0 Å². The molecule has 5 heteroatoms. The number of nitrogens with zero attached hydrogens (tertiary/aromatic N) is 2. The van der Waals surface area contributed by atoms with Crippen LogP contribution in [0.2, 0.25) is 0 Å². The summed E-state index contributed by atoms with van der Waals surface area (Å²) in [5.41, 5.74) is 3.04. The van der Waals surface area contributed by atoms with Crippen LogP contribution in [-0.4, -0.2) is 29.3 Å². The Morgan fingerprint density at radius 2 is 2.08 bits per heavy atom. The first-order valence-electron chi connectivity index (χ1n) is 8.33. The van der Waals surface area contributed by atoms with Crippen LogP contribution in [0.4, 0.5) is 10.1 Å². The fourth-order valence-electron chi connectivity index (χ4n) is 3.10. The summed E-state index contributed by atoms with van der Waals surface area (Å²) in [4.78, 5) is 6.22. The number of hydrogen-bond donors (Lipinski definition) is 1. The zero-order valence-electron chi connectivity index (χ0n) is 13.9. The molecule has 0 bridgehead atoms. The Balaban J connectivity index is 1.54. The number of piperidine rings is 1. The molecule has 4 nitrogen and oxygen atoms in total. The first-order chi connectivity index (χ1) is 11.7. The topological polar surface area (TPSA) is 45.6 Å². The number of aryl methyl sites for hydroxylation is 1. The fourth-order valence-corrected chi connectivity index (χ4v) is 3.10. The van der Waals surface area contributed by atoms with E-state index in [2.05, 4.69) is 4.98 Å². The maximum Gasteiger partial charge on any atom is 0.151 e. The van der Waals surface area contributed by atoms with Gasteiger partial charge in [0.1, 0.15) is 0 Å². The molecule has 0 saturated carbocycles. The molecule has 128 valence electrons. The molecule has 0 atom stereocenters. The maximum absolute atomic E-state index is 14.3. The molecule has 2 aromatic rings. The summed E-state index contributed by atoms with van der Waals surface area (Å²) in [5.74, 6) is -0.313. The van der Waals surface area contributed by atoms with Gasteiger partial charge in [-0.3, -0.25) is 4.98 Å². The highest BCUT2D eigenvalue weighted by atomic mass is 19.1. The quantitative estimate of drug-likeness (QED) is 0.914. The average molecular weight is 330 g/mol. The van der Waals surface area contributed by atoms with Gasteiger partial charge < -0.3 is 14.7 Å². The average Bonchev–Trinajstić information content (AvgIpc) is 2.61. The molecule has 0 unspecified atom stereocenters. The van der Waals surface area contributed by atoms with Crippen molar-refractivity contribution in [1.29, 1.82) is 0 Å². The van der Waals surface area contributed by atoms with E-state index in [0.717, 1.165) is 37.2 Å². The maximum atomic E-state index is 14.3. The third kappa shape index (κ3) is 3.91. The lowest BCUT2D eigenvalue weighted by Gasteiger charge is -2.34. The Morgan fingerprint density at radius 1 is 1.29 bits per heavy atom. The third-order valence-electron chi connectivity index (χ3n) is 4.46. The van der Waals surface area contributed by atoms with Gasteiger partial charge in [0.25, 0.3) is 0 Å². The molecule has 1 aromatic heterocycles. The number of aromatic nitrogens is 1. The summed E-state index contributed by atoms with van der Waals surface area (Å²) >= 11 is 0. The SMILES string of the molecule is Cc1cc(COC2CCN(c3cccc(CO)c3F)CC2)ccn1. The van der Waals surface area contributed by atoms with Crippen molar-refractivity contribution in [1.82, 2.24) is 4.98 Å². The predicted molar refractivity (Wildman–Crippen MR) is 91.3 cm³/mol.